The molecule has 0 unspecified atom stereocenters. The van der Waals surface area contributed by atoms with Gasteiger partial charge in [0.1, 0.15) is 5.76 Å². The van der Waals surface area contributed by atoms with E-state index in [4.69, 9.17) is 0 Å². The molecular formula is C24H28N2O3. The topological polar surface area (TPSA) is 60.9 Å². The van der Waals surface area contributed by atoms with Crippen LogP contribution in [0.15, 0.2) is 54.1 Å². The van der Waals surface area contributed by atoms with E-state index in [1.165, 1.54) is 0 Å². The van der Waals surface area contributed by atoms with Crippen LogP contribution >= 0.6 is 0 Å². The fraction of sp³-hybridized carbons (Fsp3) is 0.333. The summed E-state index contributed by atoms with van der Waals surface area (Å²) in [4.78, 5) is 29.4. The molecule has 1 aliphatic rings. The lowest BCUT2D eigenvalue weighted by atomic mass is 9.94. The third kappa shape index (κ3) is 4.40. The monoisotopic (exact) mass is 392 g/mol. The van der Waals surface area contributed by atoms with Gasteiger partial charge in [-0.1, -0.05) is 59.7 Å². The van der Waals surface area contributed by atoms with Gasteiger partial charge >= 0.3 is 0 Å². The number of nitrogens with zero attached hydrogens (tertiary/aromatic N) is 2. The van der Waals surface area contributed by atoms with Crippen LogP contribution in [0.2, 0.25) is 0 Å². The van der Waals surface area contributed by atoms with Crippen molar-refractivity contribution in [1.29, 1.82) is 0 Å². The third-order valence-electron chi connectivity index (χ3n) is 5.26. The Bertz CT molecular complexity index is 928. The van der Waals surface area contributed by atoms with E-state index in [-0.39, 0.29) is 11.3 Å². The van der Waals surface area contributed by atoms with Gasteiger partial charge in [0, 0.05) is 12.1 Å². The molecule has 0 aromatic heterocycles. The SMILES string of the molecule is Cc1ccc(C(O)=C2C(=O)C(=O)N(CCCN(C)C)[C@@H]2c2ccc(C)cc2)cc1. The summed E-state index contributed by atoms with van der Waals surface area (Å²) in [5.74, 6) is -1.30. The van der Waals surface area contributed by atoms with Gasteiger partial charge in [0.15, 0.2) is 0 Å². The molecular weight excluding hydrogens is 364 g/mol. The van der Waals surface area contributed by atoms with E-state index in [2.05, 4.69) is 0 Å². The maximum atomic E-state index is 12.9. The number of aliphatic hydroxyl groups excluding tert-OH is 1. The number of rotatable bonds is 6. The number of aliphatic hydroxyl groups is 1. The summed E-state index contributed by atoms with van der Waals surface area (Å²) >= 11 is 0. The summed E-state index contributed by atoms with van der Waals surface area (Å²) in [6.07, 6.45) is 0.743. The number of hydrogen-bond donors (Lipinski definition) is 1. The molecule has 1 heterocycles. The Morgan fingerprint density at radius 3 is 2.07 bits per heavy atom. The standard InChI is InChI=1S/C24H28N2O3/c1-16-6-10-18(11-7-16)21-20(22(27)19-12-8-17(2)9-13-19)23(28)24(29)26(21)15-5-14-25(3)4/h6-13,21,27H,5,14-15H2,1-4H3/t21-/m1/s1. The molecule has 29 heavy (non-hydrogen) atoms. The van der Waals surface area contributed by atoms with Crippen LogP contribution in [0.4, 0.5) is 0 Å². The average molecular weight is 392 g/mol. The molecule has 1 fully saturated rings. The van der Waals surface area contributed by atoms with Gasteiger partial charge in [0.25, 0.3) is 11.7 Å². The summed E-state index contributed by atoms with van der Waals surface area (Å²) in [6.45, 7) is 5.21. The summed E-state index contributed by atoms with van der Waals surface area (Å²) in [5.41, 5.74) is 3.68. The summed E-state index contributed by atoms with van der Waals surface area (Å²) < 4.78 is 0. The van der Waals surface area contributed by atoms with Crippen LogP contribution in [0.5, 0.6) is 0 Å². The zero-order chi connectivity index (χ0) is 21.1. The number of benzene rings is 2. The lowest BCUT2D eigenvalue weighted by Gasteiger charge is -2.26. The number of carbonyl (C=O) groups excluding carboxylic acids is 2. The molecule has 152 valence electrons. The number of ketones is 1. The van der Waals surface area contributed by atoms with E-state index < -0.39 is 17.7 Å². The van der Waals surface area contributed by atoms with E-state index >= 15 is 0 Å². The first-order valence-electron chi connectivity index (χ1n) is 9.86. The minimum absolute atomic E-state index is 0.121. The van der Waals surface area contributed by atoms with Crippen molar-refractivity contribution < 1.29 is 14.7 Å². The van der Waals surface area contributed by atoms with Gasteiger partial charge in [0.05, 0.1) is 11.6 Å². The van der Waals surface area contributed by atoms with Crippen molar-refractivity contribution in [2.24, 2.45) is 0 Å². The van der Waals surface area contributed by atoms with Crippen LogP contribution in [0.3, 0.4) is 0 Å². The molecule has 3 rings (SSSR count). The van der Waals surface area contributed by atoms with Crippen LogP contribution in [0.25, 0.3) is 5.76 Å². The smallest absolute Gasteiger partial charge is 0.295 e. The largest absolute Gasteiger partial charge is 0.507 e. The normalized spacial score (nSPS) is 18.7. The molecule has 5 heteroatoms. The van der Waals surface area contributed by atoms with Crippen molar-refractivity contribution in [2.75, 3.05) is 27.2 Å². The molecule has 2 aromatic rings. The van der Waals surface area contributed by atoms with Gasteiger partial charge in [-0.25, -0.2) is 0 Å². The van der Waals surface area contributed by atoms with E-state index in [0.717, 1.165) is 29.7 Å². The van der Waals surface area contributed by atoms with Gasteiger partial charge in [-0.2, -0.15) is 0 Å². The molecule has 5 nitrogen and oxygen atoms in total. The van der Waals surface area contributed by atoms with E-state index in [1.54, 1.807) is 17.0 Å². The average Bonchev–Trinajstić information content (AvgIpc) is 2.93. The molecule has 1 N–H and O–H groups in total. The molecule has 0 saturated carbocycles. The molecule has 1 aliphatic heterocycles. The Balaban J connectivity index is 2.07. The number of Topliss-reactive ketones (excluding diaryl/α,β-unsaturated/α-hetero) is 1. The Morgan fingerprint density at radius 1 is 0.966 bits per heavy atom. The van der Waals surface area contributed by atoms with Crippen LogP contribution < -0.4 is 0 Å². The highest BCUT2D eigenvalue weighted by Gasteiger charge is 2.45. The second-order valence-electron chi connectivity index (χ2n) is 7.93. The van der Waals surface area contributed by atoms with Crippen molar-refractivity contribution in [3.63, 3.8) is 0 Å². The first kappa shape index (κ1) is 20.8. The summed E-state index contributed by atoms with van der Waals surface area (Å²) in [7, 11) is 3.95. The predicted molar refractivity (Wildman–Crippen MR) is 115 cm³/mol. The van der Waals surface area contributed by atoms with Crippen molar-refractivity contribution >= 4 is 17.4 Å². The lowest BCUT2D eigenvalue weighted by Crippen LogP contribution is -2.32. The van der Waals surface area contributed by atoms with E-state index in [0.29, 0.717) is 12.1 Å². The van der Waals surface area contributed by atoms with Crippen LogP contribution in [-0.2, 0) is 9.59 Å². The number of aryl methyl sites for hydroxylation is 2. The summed E-state index contributed by atoms with van der Waals surface area (Å²) in [5, 5.41) is 11.0. The molecule has 1 atom stereocenters. The molecule has 0 bridgehead atoms. The second-order valence-corrected chi connectivity index (χ2v) is 7.93. The molecule has 2 aromatic carbocycles. The van der Waals surface area contributed by atoms with Gasteiger partial charge in [-0.05, 0) is 46.5 Å². The Kier molecular flexibility index (Phi) is 6.18. The van der Waals surface area contributed by atoms with Crippen LogP contribution in [0, 0.1) is 13.8 Å². The first-order chi connectivity index (χ1) is 13.8. The highest BCUT2D eigenvalue weighted by molar-refractivity contribution is 6.46. The van der Waals surface area contributed by atoms with Gasteiger partial charge in [-0.3, -0.25) is 9.59 Å². The highest BCUT2D eigenvalue weighted by atomic mass is 16.3. The fourth-order valence-corrected chi connectivity index (χ4v) is 3.63. The summed E-state index contributed by atoms with van der Waals surface area (Å²) in [6, 6.07) is 14.5. The molecule has 0 radical (unpaired) electrons. The predicted octanol–water partition coefficient (Wildman–Crippen LogP) is 3.68. The third-order valence-corrected chi connectivity index (χ3v) is 5.26. The van der Waals surface area contributed by atoms with E-state index in [9.17, 15) is 14.7 Å². The lowest BCUT2D eigenvalue weighted by molar-refractivity contribution is -0.139. The van der Waals surface area contributed by atoms with Gasteiger partial charge in [-0.15, -0.1) is 0 Å². The van der Waals surface area contributed by atoms with Crippen LogP contribution in [0.1, 0.15) is 34.7 Å². The molecule has 0 spiro atoms. The first-order valence-corrected chi connectivity index (χ1v) is 9.86. The van der Waals surface area contributed by atoms with Crippen molar-refractivity contribution in [2.45, 2.75) is 26.3 Å². The Morgan fingerprint density at radius 2 is 1.52 bits per heavy atom. The minimum atomic E-state index is -0.626. The molecule has 1 amide bonds. The number of carbonyl (C=O) groups is 2. The maximum Gasteiger partial charge on any atom is 0.295 e. The fourth-order valence-electron chi connectivity index (χ4n) is 3.63. The minimum Gasteiger partial charge on any atom is -0.507 e. The number of amides is 1. The Hall–Kier alpha value is -2.92. The van der Waals surface area contributed by atoms with E-state index in [1.807, 2.05) is 69.2 Å². The molecule has 0 aliphatic carbocycles. The zero-order valence-electron chi connectivity index (χ0n) is 17.5. The Labute approximate surface area is 172 Å². The highest BCUT2D eigenvalue weighted by Crippen LogP contribution is 2.39. The van der Waals surface area contributed by atoms with Gasteiger partial charge in [0.2, 0.25) is 0 Å². The van der Waals surface area contributed by atoms with Crippen molar-refractivity contribution in [1.82, 2.24) is 9.80 Å². The number of hydrogen-bond acceptors (Lipinski definition) is 4. The molecule has 1 saturated heterocycles. The number of likely N-dealkylation sites (tertiary alicyclic amines) is 1. The quantitative estimate of drug-likeness (QED) is 0.463. The van der Waals surface area contributed by atoms with Crippen LogP contribution in [-0.4, -0.2) is 53.8 Å². The second kappa shape index (κ2) is 8.62. The van der Waals surface area contributed by atoms with Gasteiger partial charge < -0.3 is 14.9 Å². The maximum absolute atomic E-state index is 12.9. The zero-order valence-corrected chi connectivity index (χ0v) is 17.5. The van der Waals surface area contributed by atoms with Crippen molar-refractivity contribution in [3.05, 3.63) is 76.4 Å². The van der Waals surface area contributed by atoms with Crippen molar-refractivity contribution in [3.8, 4) is 0 Å².